The minimum absolute atomic E-state index is 0.0841. The number of anilines is 1. The Morgan fingerprint density at radius 2 is 2.00 bits per heavy atom. The zero-order valence-electron chi connectivity index (χ0n) is 10.6. The van der Waals surface area contributed by atoms with Crippen molar-refractivity contribution in [2.24, 2.45) is 0 Å². The van der Waals surface area contributed by atoms with Crippen LogP contribution in [0.4, 0.5) is 11.4 Å². The van der Waals surface area contributed by atoms with Crippen LogP contribution in [0.15, 0.2) is 10.7 Å². The van der Waals surface area contributed by atoms with Crippen molar-refractivity contribution in [2.75, 3.05) is 5.32 Å². The lowest BCUT2D eigenvalue weighted by atomic mass is 9.95. The van der Waals surface area contributed by atoms with Crippen LogP contribution in [0.3, 0.4) is 0 Å². The molecule has 106 valence electrons. The summed E-state index contributed by atoms with van der Waals surface area (Å²) >= 11 is 6.07. The molecule has 7 nitrogen and oxygen atoms in total. The molecule has 0 unspecified atom stereocenters. The van der Waals surface area contributed by atoms with Gasteiger partial charge in [-0.2, -0.15) is 0 Å². The Hall–Kier alpha value is -1.89. The molecule has 0 spiro atoms. The molecular weight excluding hydrogens is 284 g/mol. The fourth-order valence-corrected chi connectivity index (χ4v) is 2.89. The molecule has 0 bridgehead atoms. The highest BCUT2D eigenvalue weighted by molar-refractivity contribution is 6.35. The van der Waals surface area contributed by atoms with Crippen LogP contribution in [0.2, 0.25) is 5.02 Å². The molecule has 0 amide bonds. The molecule has 0 atom stereocenters. The Kier molecular flexibility index (Phi) is 3.43. The van der Waals surface area contributed by atoms with Crippen LogP contribution in [0.25, 0.3) is 11.0 Å². The third-order valence-corrected chi connectivity index (χ3v) is 3.90. The fourth-order valence-electron chi connectivity index (χ4n) is 2.65. The highest BCUT2D eigenvalue weighted by Crippen LogP contribution is 2.37. The first-order valence-electron chi connectivity index (χ1n) is 6.52. The molecular formula is C12H13ClN4O3. The van der Waals surface area contributed by atoms with Crippen LogP contribution >= 0.6 is 11.6 Å². The van der Waals surface area contributed by atoms with Crippen molar-refractivity contribution in [3.8, 4) is 0 Å². The van der Waals surface area contributed by atoms with Crippen LogP contribution in [0, 0.1) is 10.1 Å². The van der Waals surface area contributed by atoms with Crippen molar-refractivity contribution >= 4 is 34.0 Å². The maximum atomic E-state index is 11.3. The summed E-state index contributed by atoms with van der Waals surface area (Å²) in [7, 11) is 0. The summed E-state index contributed by atoms with van der Waals surface area (Å²) in [6, 6.07) is 1.76. The quantitative estimate of drug-likeness (QED) is 0.688. The van der Waals surface area contributed by atoms with Gasteiger partial charge < -0.3 is 5.32 Å². The molecule has 2 aromatic rings. The Labute approximate surface area is 119 Å². The van der Waals surface area contributed by atoms with Gasteiger partial charge >= 0.3 is 5.69 Å². The highest BCUT2D eigenvalue weighted by Gasteiger charge is 2.27. The molecule has 8 heteroatoms. The first-order chi connectivity index (χ1) is 9.66. The lowest BCUT2D eigenvalue weighted by Gasteiger charge is -2.23. The second kappa shape index (κ2) is 5.24. The first-order valence-corrected chi connectivity index (χ1v) is 6.90. The Balaban J connectivity index is 2.04. The van der Waals surface area contributed by atoms with E-state index in [1.54, 1.807) is 0 Å². The number of nitro groups is 1. The van der Waals surface area contributed by atoms with E-state index in [0.717, 1.165) is 25.7 Å². The van der Waals surface area contributed by atoms with Crippen molar-refractivity contribution in [1.29, 1.82) is 0 Å². The molecule has 0 saturated heterocycles. The maximum absolute atomic E-state index is 11.3. The van der Waals surface area contributed by atoms with E-state index in [0.29, 0.717) is 10.7 Å². The lowest BCUT2D eigenvalue weighted by molar-refractivity contribution is -0.382. The summed E-state index contributed by atoms with van der Waals surface area (Å²) in [5, 5.41) is 22.0. The van der Waals surface area contributed by atoms with Gasteiger partial charge in [0.05, 0.1) is 9.95 Å². The van der Waals surface area contributed by atoms with E-state index in [1.807, 2.05) is 0 Å². The number of rotatable bonds is 3. The molecule has 1 fully saturated rings. The van der Waals surface area contributed by atoms with Crippen molar-refractivity contribution in [3.63, 3.8) is 0 Å². The van der Waals surface area contributed by atoms with E-state index in [9.17, 15) is 10.1 Å². The fraction of sp³-hybridized carbons (Fsp3) is 0.500. The lowest BCUT2D eigenvalue weighted by Crippen LogP contribution is -2.22. The van der Waals surface area contributed by atoms with Gasteiger partial charge in [-0.15, -0.1) is 0 Å². The van der Waals surface area contributed by atoms with Crippen LogP contribution in [0.5, 0.6) is 0 Å². The maximum Gasteiger partial charge on any atom is 0.323 e. The van der Waals surface area contributed by atoms with Gasteiger partial charge in [0.1, 0.15) is 5.69 Å². The van der Waals surface area contributed by atoms with Gasteiger partial charge in [0.15, 0.2) is 5.52 Å². The van der Waals surface area contributed by atoms with Gasteiger partial charge in [-0.05, 0) is 29.2 Å². The van der Waals surface area contributed by atoms with Crippen LogP contribution in [-0.2, 0) is 0 Å². The van der Waals surface area contributed by atoms with Gasteiger partial charge in [0, 0.05) is 6.04 Å². The number of hydrogen-bond acceptors (Lipinski definition) is 6. The second-order valence-corrected chi connectivity index (χ2v) is 5.36. The largest absolute Gasteiger partial charge is 0.377 e. The van der Waals surface area contributed by atoms with E-state index in [2.05, 4.69) is 20.3 Å². The smallest absolute Gasteiger partial charge is 0.323 e. The molecule has 1 N–H and O–H groups in total. The molecule has 1 aliphatic rings. The van der Waals surface area contributed by atoms with Gasteiger partial charge in [-0.25, -0.2) is 4.63 Å². The number of benzene rings is 1. The predicted molar refractivity (Wildman–Crippen MR) is 74.0 cm³/mol. The molecule has 1 aliphatic carbocycles. The monoisotopic (exact) mass is 296 g/mol. The van der Waals surface area contributed by atoms with Gasteiger partial charge in [0.2, 0.25) is 5.52 Å². The highest BCUT2D eigenvalue weighted by atomic mass is 35.5. The standard InChI is InChI=1S/C12H13ClN4O3/c13-8-6-9(14-7-4-2-1-3-5-7)12(17(18)19)11-10(8)15-20-16-11/h6-7,14H,1-5H2. The molecule has 1 heterocycles. The molecule has 20 heavy (non-hydrogen) atoms. The molecule has 1 aromatic heterocycles. The summed E-state index contributed by atoms with van der Waals surface area (Å²) in [5.74, 6) is 0. The average molecular weight is 297 g/mol. The minimum Gasteiger partial charge on any atom is -0.377 e. The summed E-state index contributed by atoms with van der Waals surface area (Å²) in [6.07, 6.45) is 5.49. The molecule has 0 radical (unpaired) electrons. The Morgan fingerprint density at radius 1 is 1.30 bits per heavy atom. The first kappa shape index (κ1) is 13.1. The van der Waals surface area contributed by atoms with Crippen LogP contribution in [-0.4, -0.2) is 21.3 Å². The predicted octanol–water partition coefficient (Wildman–Crippen LogP) is 3.53. The average Bonchev–Trinajstić information content (AvgIpc) is 2.89. The van der Waals surface area contributed by atoms with Gasteiger partial charge in [0.25, 0.3) is 0 Å². The number of fused-ring (bicyclic) bond motifs is 1. The summed E-state index contributed by atoms with van der Waals surface area (Å²) in [4.78, 5) is 10.8. The van der Waals surface area contributed by atoms with E-state index in [-0.39, 0.29) is 22.8 Å². The summed E-state index contributed by atoms with van der Waals surface area (Å²) in [5.41, 5.74) is 0.555. The normalized spacial score (nSPS) is 16.4. The van der Waals surface area contributed by atoms with Gasteiger partial charge in [-0.3, -0.25) is 10.1 Å². The van der Waals surface area contributed by atoms with Crippen molar-refractivity contribution in [3.05, 3.63) is 21.2 Å². The van der Waals surface area contributed by atoms with Crippen molar-refractivity contribution < 1.29 is 9.55 Å². The third-order valence-electron chi connectivity index (χ3n) is 3.61. The number of nitro benzene ring substituents is 1. The number of halogens is 1. The zero-order chi connectivity index (χ0) is 14.1. The molecule has 0 aliphatic heterocycles. The zero-order valence-corrected chi connectivity index (χ0v) is 11.4. The van der Waals surface area contributed by atoms with Crippen LogP contribution < -0.4 is 5.32 Å². The minimum atomic E-state index is -0.478. The number of hydrogen-bond donors (Lipinski definition) is 1. The second-order valence-electron chi connectivity index (χ2n) is 4.95. The van der Waals surface area contributed by atoms with E-state index >= 15 is 0 Å². The van der Waals surface area contributed by atoms with Crippen LogP contribution in [0.1, 0.15) is 32.1 Å². The number of aromatic nitrogens is 2. The number of nitrogens with one attached hydrogen (secondary N) is 1. The SMILES string of the molecule is O=[N+]([O-])c1c(NC2CCCCC2)cc(Cl)c2nonc12. The molecule has 1 saturated carbocycles. The Bertz CT molecular complexity index is 651. The van der Waals surface area contributed by atoms with E-state index < -0.39 is 4.92 Å². The molecule has 3 rings (SSSR count). The van der Waals surface area contributed by atoms with Crippen molar-refractivity contribution in [1.82, 2.24) is 10.3 Å². The Morgan fingerprint density at radius 3 is 2.70 bits per heavy atom. The van der Waals surface area contributed by atoms with E-state index in [1.165, 1.54) is 12.5 Å². The third kappa shape index (κ3) is 2.29. The van der Waals surface area contributed by atoms with Crippen molar-refractivity contribution in [2.45, 2.75) is 38.1 Å². The summed E-state index contributed by atoms with van der Waals surface area (Å²) in [6.45, 7) is 0. The van der Waals surface area contributed by atoms with E-state index in [4.69, 9.17) is 11.6 Å². The van der Waals surface area contributed by atoms with Gasteiger partial charge in [-0.1, -0.05) is 30.9 Å². The number of nitrogens with zero attached hydrogens (tertiary/aromatic N) is 3. The molecule has 1 aromatic carbocycles. The summed E-state index contributed by atoms with van der Waals surface area (Å²) < 4.78 is 4.56. The topological polar surface area (TPSA) is 94.1 Å².